The van der Waals surface area contributed by atoms with Crippen LogP contribution < -0.4 is 0 Å². The minimum atomic E-state index is 0.709. The number of nitrogens with zero attached hydrogens (tertiary/aromatic N) is 3. The molecule has 2 saturated heterocycles. The highest BCUT2D eigenvalue weighted by molar-refractivity contribution is 4.88. The summed E-state index contributed by atoms with van der Waals surface area (Å²) in [5.41, 5.74) is 0. The molecule has 0 spiro atoms. The fourth-order valence-electron chi connectivity index (χ4n) is 3.76. The van der Waals surface area contributed by atoms with Gasteiger partial charge in [-0.2, -0.15) is 0 Å². The summed E-state index contributed by atoms with van der Waals surface area (Å²) >= 11 is 0. The van der Waals surface area contributed by atoms with Crippen molar-refractivity contribution in [2.24, 2.45) is 5.92 Å². The first-order valence-electron chi connectivity index (χ1n) is 8.21. The van der Waals surface area contributed by atoms with Crippen LogP contribution in [0.15, 0.2) is 0 Å². The van der Waals surface area contributed by atoms with E-state index < -0.39 is 0 Å². The molecule has 112 valence electrons. The molecular formula is C16H33N3. The van der Waals surface area contributed by atoms with Gasteiger partial charge in [-0.05, 0) is 46.6 Å². The summed E-state index contributed by atoms with van der Waals surface area (Å²) in [6.45, 7) is 19.4. The van der Waals surface area contributed by atoms with E-state index in [2.05, 4.69) is 49.3 Å². The van der Waals surface area contributed by atoms with Crippen molar-refractivity contribution in [3.63, 3.8) is 0 Å². The van der Waals surface area contributed by atoms with Crippen molar-refractivity contribution in [2.45, 2.75) is 59.2 Å². The number of piperidine rings is 1. The lowest BCUT2D eigenvalue weighted by Crippen LogP contribution is -2.57. The lowest BCUT2D eigenvalue weighted by atomic mass is 9.91. The summed E-state index contributed by atoms with van der Waals surface area (Å²) in [6, 6.07) is 2.24. The van der Waals surface area contributed by atoms with Crippen molar-refractivity contribution in [2.75, 3.05) is 39.3 Å². The van der Waals surface area contributed by atoms with Crippen LogP contribution in [0, 0.1) is 5.92 Å². The molecular weight excluding hydrogens is 234 g/mol. The van der Waals surface area contributed by atoms with Crippen molar-refractivity contribution in [1.29, 1.82) is 0 Å². The Morgan fingerprint density at radius 1 is 0.789 bits per heavy atom. The zero-order valence-electron chi connectivity index (χ0n) is 13.6. The number of hydrogen-bond acceptors (Lipinski definition) is 3. The van der Waals surface area contributed by atoms with Crippen LogP contribution in [-0.2, 0) is 0 Å². The molecule has 0 saturated carbocycles. The predicted molar refractivity (Wildman–Crippen MR) is 82.6 cm³/mol. The maximum Gasteiger partial charge on any atom is 0.0146 e. The van der Waals surface area contributed by atoms with Crippen LogP contribution in [0.2, 0.25) is 0 Å². The second-order valence-electron chi connectivity index (χ2n) is 7.09. The second kappa shape index (κ2) is 6.55. The Hall–Kier alpha value is -0.120. The van der Waals surface area contributed by atoms with E-state index in [1.165, 1.54) is 45.7 Å². The third kappa shape index (κ3) is 3.71. The van der Waals surface area contributed by atoms with Crippen LogP contribution in [0.3, 0.4) is 0 Å². The van der Waals surface area contributed by atoms with E-state index in [0.29, 0.717) is 12.1 Å². The van der Waals surface area contributed by atoms with Crippen molar-refractivity contribution in [1.82, 2.24) is 14.7 Å². The van der Waals surface area contributed by atoms with E-state index >= 15 is 0 Å². The fourth-order valence-corrected chi connectivity index (χ4v) is 3.76. The van der Waals surface area contributed by atoms with Crippen LogP contribution in [0.1, 0.15) is 41.0 Å². The van der Waals surface area contributed by atoms with Crippen molar-refractivity contribution >= 4 is 0 Å². The lowest BCUT2D eigenvalue weighted by Gasteiger charge is -2.47. The highest BCUT2D eigenvalue weighted by atomic mass is 15.3. The first-order chi connectivity index (χ1) is 8.99. The van der Waals surface area contributed by atoms with Gasteiger partial charge in [0.25, 0.3) is 0 Å². The Balaban J connectivity index is 1.84. The highest BCUT2D eigenvalue weighted by Crippen LogP contribution is 2.24. The Morgan fingerprint density at radius 2 is 1.37 bits per heavy atom. The molecule has 0 radical (unpaired) electrons. The van der Waals surface area contributed by atoms with Crippen LogP contribution >= 0.6 is 0 Å². The van der Waals surface area contributed by atoms with Crippen molar-refractivity contribution in [3.05, 3.63) is 0 Å². The van der Waals surface area contributed by atoms with Gasteiger partial charge in [0.05, 0.1) is 0 Å². The van der Waals surface area contributed by atoms with E-state index in [0.717, 1.165) is 12.0 Å². The molecule has 0 bridgehead atoms. The molecule has 0 N–H and O–H groups in total. The van der Waals surface area contributed by atoms with Gasteiger partial charge in [0, 0.05) is 50.8 Å². The topological polar surface area (TPSA) is 9.72 Å². The second-order valence-corrected chi connectivity index (χ2v) is 7.09. The average molecular weight is 267 g/mol. The van der Waals surface area contributed by atoms with Gasteiger partial charge < -0.3 is 4.90 Å². The Kier molecular flexibility index (Phi) is 5.27. The first kappa shape index (κ1) is 15.3. The summed E-state index contributed by atoms with van der Waals surface area (Å²) < 4.78 is 0. The lowest BCUT2D eigenvalue weighted by molar-refractivity contribution is 0.0145. The molecule has 19 heavy (non-hydrogen) atoms. The van der Waals surface area contributed by atoms with Crippen LogP contribution in [0.5, 0.6) is 0 Å². The Labute approximate surface area is 119 Å². The molecule has 2 heterocycles. The SMILES string of the molecule is CC(C)N1CCN([C@@H]2CCN(C(C)C)C[C@@H]2C)CC1. The minimum Gasteiger partial charge on any atom is -0.301 e. The van der Waals surface area contributed by atoms with Crippen molar-refractivity contribution < 1.29 is 0 Å². The van der Waals surface area contributed by atoms with Gasteiger partial charge >= 0.3 is 0 Å². The van der Waals surface area contributed by atoms with E-state index in [4.69, 9.17) is 0 Å². The average Bonchev–Trinajstić information content (AvgIpc) is 2.38. The maximum atomic E-state index is 2.77. The summed E-state index contributed by atoms with van der Waals surface area (Å²) in [4.78, 5) is 8.02. The van der Waals surface area contributed by atoms with Gasteiger partial charge in [-0.3, -0.25) is 9.80 Å². The number of rotatable bonds is 3. The number of piperazine rings is 1. The van der Waals surface area contributed by atoms with Crippen molar-refractivity contribution in [3.8, 4) is 0 Å². The van der Waals surface area contributed by atoms with Gasteiger partial charge in [0.2, 0.25) is 0 Å². The zero-order chi connectivity index (χ0) is 14.0. The fraction of sp³-hybridized carbons (Fsp3) is 1.00. The minimum absolute atomic E-state index is 0.709. The van der Waals surface area contributed by atoms with Gasteiger partial charge in [-0.15, -0.1) is 0 Å². The molecule has 2 aliphatic rings. The molecule has 2 atom stereocenters. The number of likely N-dealkylation sites (tertiary alicyclic amines) is 1. The molecule has 0 unspecified atom stereocenters. The van der Waals surface area contributed by atoms with Crippen LogP contribution in [-0.4, -0.2) is 72.1 Å². The molecule has 2 rings (SSSR count). The standard InChI is InChI=1S/C16H33N3/c1-13(2)17-8-10-18(11-9-17)16-6-7-19(14(3)4)12-15(16)5/h13-16H,6-12H2,1-5H3/t15-,16+/m0/s1. The van der Waals surface area contributed by atoms with Gasteiger partial charge in [0.15, 0.2) is 0 Å². The molecule has 0 aromatic heterocycles. The van der Waals surface area contributed by atoms with E-state index in [-0.39, 0.29) is 0 Å². The largest absolute Gasteiger partial charge is 0.301 e. The summed E-state index contributed by atoms with van der Waals surface area (Å²) in [7, 11) is 0. The van der Waals surface area contributed by atoms with Gasteiger partial charge in [-0.25, -0.2) is 0 Å². The smallest absolute Gasteiger partial charge is 0.0146 e. The summed E-state index contributed by atoms with van der Waals surface area (Å²) in [5, 5.41) is 0. The highest BCUT2D eigenvalue weighted by Gasteiger charge is 2.33. The Bertz CT molecular complexity index is 269. The molecule has 2 aliphatic heterocycles. The third-order valence-electron chi connectivity index (χ3n) is 5.17. The third-order valence-corrected chi connectivity index (χ3v) is 5.17. The summed E-state index contributed by atoms with van der Waals surface area (Å²) in [6.07, 6.45) is 1.36. The monoisotopic (exact) mass is 267 g/mol. The quantitative estimate of drug-likeness (QED) is 0.775. The molecule has 0 amide bonds. The van der Waals surface area contributed by atoms with E-state index in [1.54, 1.807) is 0 Å². The first-order valence-corrected chi connectivity index (χ1v) is 8.21. The van der Waals surface area contributed by atoms with E-state index in [9.17, 15) is 0 Å². The molecule has 0 aromatic rings. The number of hydrogen-bond donors (Lipinski definition) is 0. The molecule has 0 aromatic carbocycles. The molecule has 3 heteroatoms. The normalized spacial score (nSPS) is 32.4. The summed E-state index contributed by atoms with van der Waals surface area (Å²) in [5.74, 6) is 0.821. The Morgan fingerprint density at radius 3 is 1.84 bits per heavy atom. The zero-order valence-corrected chi connectivity index (χ0v) is 13.6. The van der Waals surface area contributed by atoms with Crippen LogP contribution in [0.25, 0.3) is 0 Å². The molecule has 3 nitrogen and oxygen atoms in total. The van der Waals surface area contributed by atoms with Gasteiger partial charge in [0.1, 0.15) is 0 Å². The van der Waals surface area contributed by atoms with E-state index in [1.807, 2.05) is 0 Å². The maximum absolute atomic E-state index is 2.77. The molecule has 0 aliphatic carbocycles. The van der Waals surface area contributed by atoms with Gasteiger partial charge in [-0.1, -0.05) is 6.92 Å². The predicted octanol–water partition coefficient (Wildman–Crippen LogP) is 2.13. The molecule has 2 fully saturated rings. The van der Waals surface area contributed by atoms with Crippen LogP contribution in [0.4, 0.5) is 0 Å².